The standard InChI is InChI=1S/C64H62N4O/c1-61(2,3)48-33-34-65-59(38-48)68-56-32-21-20-31-54(56)60-55(62(4,5)6)40-53(41-57(60)68)69-52-30-22-29-50(39-52)67-43-66(42-58(67)64(9,10)47-27-18-13-19-28-47)51-36-45(44-23-14-11-15-24-44)35-49(37-51)63(7,8)46-25-16-12-17-26-46/h11-42H,1-10H3. The van der Waals surface area contributed by atoms with Gasteiger partial charge in [0.05, 0.1) is 28.1 Å². The predicted molar refractivity (Wildman–Crippen MR) is 285 cm³/mol. The van der Waals surface area contributed by atoms with Crippen molar-refractivity contribution in [1.29, 1.82) is 0 Å². The topological polar surface area (TPSA) is 35.9 Å². The summed E-state index contributed by atoms with van der Waals surface area (Å²) in [6.07, 6.45) is 8.05. The van der Waals surface area contributed by atoms with Gasteiger partial charge in [-0.2, -0.15) is 0 Å². The first-order chi connectivity index (χ1) is 33.0. The number of para-hydroxylation sites is 1. The fourth-order valence-electron chi connectivity index (χ4n) is 9.87. The number of aromatic nitrogens is 4. The van der Waals surface area contributed by atoms with Crippen molar-refractivity contribution in [3.8, 4) is 39.8 Å². The molecule has 0 aliphatic rings. The third-order valence-electron chi connectivity index (χ3n) is 14.1. The lowest BCUT2D eigenvalue weighted by Gasteiger charge is -2.28. The molecule has 7 aromatic carbocycles. The molecule has 0 N–H and O–H groups in total. The number of hydrogen-bond acceptors (Lipinski definition) is 2. The fourth-order valence-corrected chi connectivity index (χ4v) is 9.87. The summed E-state index contributed by atoms with van der Waals surface area (Å²) < 4.78 is 13.7. The first-order valence-electron chi connectivity index (χ1n) is 24.2. The smallest absolute Gasteiger partial charge is 0.269 e. The fraction of sp³-hybridized carbons (Fsp3) is 0.219. The second-order valence-corrected chi connectivity index (χ2v) is 21.7. The maximum Gasteiger partial charge on any atom is 0.269 e. The third-order valence-corrected chi connectivity index (χ3v) is 14.1. The van der Waals surface area contributed by atoms with Crippen molar-refractivity contribution < 1.29 is 9.30 Å². The highest BCUT2D eigenvalue weighted by Gasteiger charge is 2.31. The quantitative estimate of drug-likeness (QED) is 0.101. The molecule has 3 aromatic heterocycles. The lowest BCUT2D eigenvalue weighted by atomic mass is 9.77. The Morgan fingerprint density at radius 3 is 1.83 bits per heavy atom. The van der Waals surface area contributed by atoms with Gasteiger partial charge in [-0.1, -0.05) is 191 Å². The lowest BCUT2D eigenvalue weighted by molar-refractivity contribution is -0.599. The highest BCUT2D eigenvalue weighted by Crippen LogP contribution is 2.43. The van der Waals surface area contributed by atoms with Crippen LogP contribution in [0.15, 0.2) is 194 Å². The van der Waals surface area contributed by atoms with Crippen molar-refractivity contribution in [3.05, 3.63) is 234 Å². The minimum Gasteiger partial charge on any atom is -0.458 e. The van der Waals surface area contributed by atoms with Gasteiger partial charge in [-0.25, -0.2) is 4.98 Å². The van der Waals surface area contributed by atoms with E-state index in [0.717, 1.165) is 51.0 Å². The largest absolute Gasteiger partial charge is 0.458 e. The van der Waals surface area contributed by atoms with Gasteiger partial charge >= 0.3 is 0 Å². The zero-order valence-electron chi connectivity index (χ0n) is 41.7. The zero-order chi connectivity index (χ0) is 48.3. The van der Waals surface area contributed by atoms with Crippen LogP contribution >= 0.6 is 0 Å². The molecule has 5 heteroatoms. The van der Waals surface area contributed by atoms with Crippen LogP contribution in [0.4, 0.5) is 0 Å². The summed E-state index contributed by atoms with van der Waals surface area (Å²) in [7, 11) is 0. The molecule has 5 nitrogen and oxygen atoms in total. The summed E-state index contributed by atoms with van der Waals surface area (Å²) in [6, 6.07) is 65.1. The van der Waals surface area contributed by atoms with Gasteiger partial charge in [0.2, 0.25) is 0 Å². The average molecular weight is 903 g/mol. The predicted octanol–water partition coefficient (Wildman–Crippen LogP) is 15.8. The van der Waals surface area contributed by atoms with Gasteiger partial charge in [0.1, 0.15) is 17.3 Å². The van der Waals surface area contributed by atoms with E-state index in [0.29, 0.717) is 0 Å². The van der Waals surface area contributed by atoms with Gasteiger partial charge in [0, 0.05) is 40.1 Å². The number of ether oxygens (including phenoxy) is 1. The molecule has 0 atom stereocenters. The second-order valence-electron chi connectivity index (χ2n) is 21.7. The Hall–Kier alpha value is -7.50. The molecular formula is C64H62N4O. The molecule has 344 valence electrons. The van der Waals surface area contributed by atoms with Gasteiger partial charge in [-0.15, -0.1) is 0 Å². The molecule has 0 amide bonds. The number of pyridine rings is 1. The minimum atomic E-state index is -0.401. The van der Waals surface area contributed by atoms with E-state index < -0.39 is 5.41 Å². The van der Waals surface area contributed by atoms with E-state index in [2.05, 4.69) is 277 Å². The average Bonchev–Trinajstić information content (AvgIpc) is 3.95. The summed E-state index contributed by atoms with van der Waals surface area (Å²) >= 11 is 0. The monoisotopic (exact) mass is 902 g/mol. The maximum atomic E-state index is 7.04. The van der Waals surface area contributed by atoms with E-state index in [1.165, 1.54) is 44.2 Å². The molecule has 0 aliphatic carbocycles. The Balaban J connectivity index is 1.13. The summed E-state index contributed by atoms with van der Waals surface area (Å²) in [5, 5.41) is 2.41. The molecular weight excluding hydrogens is 841 g/mol. The number of rotatable bonds is 10. The van der Waals surface area contributed by atoms with Crippen LogP contribution in [0.5, 0.6) is 11.5 Å². The van der Waals surface area contributed by atoms with Crippen molar-refractivity contribution in [3.63, 3.8) is 0 Å². The molecule has 0 bridgehead atoms. The molecule has 0 fully saturated rings. The molecule has 0 radical (unpaired) electrons. The molecule has 0 unspecified atom stereocenters. The van der Waals surface area contributed by atoms with Gasteiger partial charge in [0.25, 0.3) is 6.33 Å². The van der Waals surface area contributed by atoms with Gasteiger partial charge in [0.15, 0.2) is 0 Å². The van der Waals surface area contributed by atoms with Crippen LogP contribution in [0.1, 0.15) is 103 Å². The molecule has 0 aliphatic heterocycles. The van der Waals surface area contributed by atoms with Crippen LogP contribution in [0, 0.1) is 6.33 Å². The Labute approximate surface area is 408 Å². The summed E-state index contributed by atoms with van der Waals surface area (Å²) in [5.74, 6) is 2.39. The highest BCUT2D eigenvalue weighted by molar-refractivity contribution is 6.11. The summed E-state index contributed by atoms with van der Waals surface area (Å²) in [4.78, 5) is 4.98. The molecule has 10 rings (SSSR count). The van der Waals surface area contributed by atoms with E-state index >= 15 is 0 Å². The van der Waals surface area contributed by atoms with Crippen LogP contribution in [-0.4, -0.2) is 14.1 Å². The van der Waals surface area contributed by atoms with Crippen LogP contribution < -0.4 is 9.30 Å². The van der Waals surface area contributed by atoms with E-state index in [1.807, 2.05) is 6.20 Å². The normalized spacial score (nSPS) is 12.5. The maximum absolute atomic E-state index is 7.04. The number of hydrogen-bond donors (Lipinski definition) is 0. The lowest BCUT2D eigenvalue weighted by Crippen LogP contribution is -2.30. The van der Waals surface area contributed by atoms with E-state index in [1.54, 1.807) is 0 Å². The minimum absolute atomic E-state index is 0.0344. The van der Waals surface area contributed by atoms with Gasteiger partial charge in [-0.3, -0.25) is 13.7 Å². The zero-order valence-corrected chi connectivity index (χ0v) is 41.7. The Morgan fingerprint density at radius 1 is 0.493 bits per heavy atom. The van der Waals surface area contributed by atoms with E-state index in [4.69, 9.17) is 9.72 Å². The summed E-state index contributed by atoms with van der Waals surface area (Å²) in [6.45, 7) is 22.8. The van der Waals surface area contributed by atoms with Crippen LogP contribution in [0.3, 0.4) is 0 Å². The van der Waals surface area contributed by atoms with E-state index in [9.17, 15) is 0 Å². The molecule has 69 heavy (non-hydrogen) atoms. The van der Waals surface area contributed by atoms with Crippen LogP contribution in [-0.2, 0) is 21.7 Å². The van der Waals surface area contributed by atoms with Gasteiger partial charge in [-0.05, 0) is 104 Å². The summed E-state index contributed by atoms with van der Waals surface area (Å²) in [5.41, 5.74) is 12.8. The second kappa shape index (κ2) is 17.2. The third kappa shape index (κ3) is 8.56. The molecule has 0 saturated carbocycles. The highest BCUT2D eigenvalue weighted by atomic mass is 16.5. The first kappa shape index (κ1) is 45.3. The van der Waals surface area contributed by atoms with Crippen molar-refractivity contribution in [2.45, 2.75) is 90.9 Å². The number of imidazole rings is 1. The number of fused-ring (bicyclic) bond motifs is 3. The van der Waals surface area contributed by atoms with Crippen molar-refractivity contribution in [1.82, 2.24) is 14.1 Å². The first-order valence-corrected chi connectivity index (χ1v) is 24.2. The molecule has 10 aromatic rings. The van der Waals surface area contributed by atoms with Crippen molar-refractivity contribution in [2.24, 2.45) is 0 Å². The number of nitrogens with zero attached hydrogens (tertiary/aromatic N) is 4. The Kier molecular flexibility index (Phi) is 11.3. The molecule has 0 saturated heterocycles. The van der Waals surface area contributed by atoms with Crippen molar-refractivity contribution in [2.75, 3.05) is 0 Å². The van der Waals surface area contributed by atoms with Crippen LogP contribution in [0.25, 0.3) is 50.1 Å². The molecule has 3 heterocycles. The number of benzene rings is 7. The Morgan fingerprint density at radius 2 is 1.14 bits per heavy atom. The Bertz CT molecular complexity index is 3470. The molecule has 0 spiro atoms. The SMILES string of the molecule is CC(C)(C)c1ccnc(-n2c3ccccc3c3c(C(C)(C)C)cc(Oc4cccc(-n5[c-][n+](-c6cc(-c7ccccc7)cc(C(C)(C)c7ccccc7)c6)cc5C(C)(C)c5ccccc5)c4)cc32)c1. The van der Waals surface area contributed by atoms with Crippen molar-refractivity contribution >= 4 is 21.8 Å². The van der Waals surface area contributed by atoms with Crippen LogP contribution in [0.2, 0.25) is 0 Å². The van der Waals surface area contributed by atoms with Gasteiger partial charge < -0.3 is 4.74 Å². The van der Waals surface area contributed by atoms with E-state index in [-0.39, 0.29) is 16.2 Å².